The molecule has 0 saturated heterocycles. The predicted molar refractivity (Wildman–Crippen MR) is 68.4 cm³/mol. The minimum absolute atomic E-state index is 0.138. The first kappa shape index (κ1) is 13.6. The number of amides is 1. The lowest BCUT2D eigenvalue weighted by atomic mass is 10.2. The van der Waals surface area contributed by atoms with Gasteiger partial charge >= 0.3 is 0 Å². The highest BCUT2D eigenvalue weighted by Gasteiger charge is 2.17. The Morgan fingerprint density at radius 1 is 1.00 bits per heavy atom. The van der Waals surface area contributed by atoms with Gasteiger partial charge in [-0.1, -0.05) is 6.07 Å². The van der Waals surface area contributed by atoms with Crippen molar-refractivity contribution < 1.29 is 18.0 Å². The Morgan fingerprint density at radius 2 is 1.63 bits per heavy atom. The molecule has 1 amide bonds. The van der Waals surface area contributed by atoms with Gasteiger partial charge in [-0.3, -0.25) is 4.79 Å². The minimum Gasteiger partial charge on any atom is -0.322 e. The molecule has 0 aromatic heterocycles. The van der Waals surface area contributed by atoms with Gasteiger partial charge in [-0.25, -0.2) is 13.2 Å². The van der Waals surface area contributed by atoms with Crippen LogP contribution in [0.2, 0.25) is 0 Å². The zero-order valence-corrected chi connectivity index (χ0v) is 11.0. The summed E-state index contributed by atoms with van der Waals surface area (Å²) in [4.78, 5) is 11.8. The fraction of sp³-hybridized carbons (Fsp3) is 0. The lowest BCUT2D eigenvalue weighted by Gasteiger charge is -2.07. The lowest BCUT2D eigenvalue weighted by molar-refractivity contribution is 0.101. The minimum atomic E-state index is -0.960. The quantitative estimate of drug-likeness (QED) is 0.882. The summed E-state index contributed by atoms with van der Waals surface area (Å²) in [7, 11) is 0. The first-order valence-corrected chi connectivity index (χ1v) is 5.99. The normalized spacial score (nSPS) is 10.3. The van der Waals surface area contributed by atoms with Crippen molar-refractivity contribution in [3.63, 3.8) is 0 Å². The molecule has 1 N–H and O–H groups in total. The molecule has 2 nitrogen and oxygen atoms in total. The van der Waals surface area contributed by atoms with Crippen LogP contribution in [0.1, 0.15) is 10.4 Å². The third-order valence-electron chi connectivity index (χ3n) is 2.37. The molecule has 2 rings (SSSR count). The zero-order valence-electron chi connectivity index (χ0n) is 9.38. The second-order valence-corrected chi connectivity index (χ2v) is 4.53. The molecule has 2 aromatic rings. The van der Waals surface area contributed by atoms with Crippen molar-refractivity contribution in [3.8, 4) is 0 Å². The van der Waals surface area contributed by atoms with E-state index >= 15 is 0 Å². The number of hydrogen-bond donors (Lipinski definition) is 1. The fourth-order valence-electron chi connectivity index (χ4n) is 1.48. The molecule has 0 aliphatic rings. The molecule has 0 saturated carbocycles. The average molecular weight is 330 g/mol. The van der Waals surface area contributed by atoms with Crippen LogP contribution in [0.4, 0.5) is 18.9 Å². The maximum Gasteiger partial charge on any atom is 0.261 e. The van der Waals surface area contributed by atoms with E-state index in [9.17, 15) is 18.0 Å². The van der Waals surface area contributed by atoms with E-state index in [1.807, 2.05) is 0 Å². The van der Waals surface area contributed by atoms with Crippen LogP contribution in [0.25, 0.3) is 0 Å². The van der Waals surface area contributed by atoms with E-state index in [1.165, 1.54) is 12.1 Å². The number of nitrogens with one attached hydrogen (secondary N) is 1. The van der Waals surface area contributed by atoms with E-state index in [0.717, 1.165) is 24.3 Å². The van der Waals surface area contributed by atoms with Crippen LogP contribution < -0.4 is 5.32 Å². The van der Waals surface area contributed by atoms with E-state index in [0.29, 0.717) is 0 Å². The molecule has 0 atom stereocenters. The molecule has 0 heterocycles. The van der Waals surface area contributed by atoms with Crippen molar-refractivity contribution in [1.29, 1.82) is 0 Å². The van der Waals surface area contributed by atoms with Crippen LogP contribution in [0, 0.1) is 17.5 Å². The van der Waals surface area contributed by atoms with Crippen molar-refractivity contribution in [1.82, 2.24) is 0 Å². The molecular formula is C13H7BrF3NO. The molecule has 19 heavy (non-hydrogen) atoms. The van der Waals surface area contributed by atoms with Crippen LogP contribution in [0.3, 0.4) is 0 Å². The molecule has 6 heteroatoms. The Hall–Kier alpha value is -1.82. The van der Waals surface area contributed by atoms with Crippen molar-refractivity contribution in [2.75, 3.05) is 5.32 Å². The SMILES string of the molecule is O=C(Nc1ccc(F)c(Br)c1)c1c(F)cccc1F. The summed E-state index contributed by atoms with van der Waals surface area (Å²) in [5.41, 5.74) is -0.455. The van der Waals surface area contributed by atoms with Crippen LogP contribution in [0.15, 0.2) is 40.9 Å². The van der Waals surface area contributed by atoms with Crippen molar-refractivity contribution >= 4 is 27.5 Å². The Kier molecular flexibility index (Phi) is 3.90. The molecule has 2 aromatic carbocycles. The van der Waals surface area contributed by atoms with E-state index < -0.39 is 28.9 Å². The van der Waals surface area contributed by atoms with Gasteiger partial charge in [-0.2, -0.15) is 0 Å². The Morgan fingerprint density at radius 3 is 2.21 bits per heavy atom. The summed E-state index contributed by atoms with van der Waals surface area (Å²) >= 11 is 2.95. The Balaban J connectivity index is 2.28. The van der Waals surface area contributed by atoms with Crippen molar-refractivity contribution in [2.24, 2.45) is 0 Å². The number of anilines is 1. The highest BCUT2D eigenvalue weighted by Crippen LogP contribution is 2.21. The van der Waals surface area contributed by atoms with Gasteiger partial charge in [0.1, 0.15) is 23.0 Å². The highest BCUT2D eigenvalue weighted by molar-refractivity contribution is 9.10. The third-order valence-corrected chi connectivity index (χ3v) is 2.97. The molecule has 0 aliphatic heterocycles. The van der Waals surface area contributed by atoms with Crippen LogP contribution >= 0.6 is 15.9 Å². The van der Waals surface area contributed by atoms with Gasteiger partial charge in [0.05, 0.1) is 4.47 Å². The first-order chi connectivity index (χ1) is 8.99. The van der Waals surface area contributed by atoms with E-state index in [2.05, 4.69) is 21.2 Å². The molecule has 0 fully saturated rings. The predicted octanol–water partition coefficient (Wildman–Crippen LogP) is 4.12. The molecule has 0 bridgehead atoms. The number of rotatable bonds is 2. The topological polar surface area (TPSA) is 29.1 Å². The zero-order chi connectivity index (χ0) is 14.0. The van der Waals surface area contributed by atoms with E-state index in [1.54, 1.807) is 0 Å². The lowest BCUT2D eigenvalue weighted by Crippen LogP contribution is -2.15. The summed E-state index contributed by atoms with van der Waals surface area (Å²) in [5, 5.41) is 2.29. The number of carbonyl (C=O) groups is 1. The van der Waals surface area contributed by atoms with Crippen LogP contribution in [-0.2, 0) is 0 Å². The van der Waals surface area contributed by atoms with Crippen molar-refractivity contribution in [2.45, 2.75) is 0 Å². The number of halogens is 4. The third kappa shape index (κ3) is 2.96. The molecule has 0 aliphatic carbocycles. The molecule has 98 valence electrons. The second kappa shape index (κ2) is 5.44. The maximum absolute atomic E-state index is 13.4. The van der Waals surface area contributed by atoms with Gasteiger partial charge in [0.25, 0.3) is 5.91 Å². The summed E-state index contributed by atoms with van der Waals surface area (Å²) < 4.78 is 39.9. The van der Waals surface area contributed by atoms with Gasteiger partial charge in [0.2, 0.25) is 0 Å². The largest absolute Gasteiger partial charge is 0.322 e. The summed E-state index contributed by atoms with van der Waals surface area (Å²) in [6.45, 7) is 0. The molecule has 0 unspecified atom stereocenters. The number of hydrogen-bond acceptors (Lipinski definition) is 1. The summed E-state index contributed by atoms with van der Waals surface area (Å²) in [5.74, 6) is -3.36. The Bertz CT molecular complexity index is 626. The standard InChI is InChI=1S/C13H7BrF3NO/c14-8-6-7(4-5-9(8)15)18-13(19)12-10(16)2-1-3-11(12)17/h1-6H,(H,18,19). The fourth-order valence-corrected chi connectivity index (χ4v) is 1.86. The highest BCUT2D eigenvalue weighted by atomic mass is 79.9. The van der Waals surface area contributed by atoms with Crippen LogP contribution in [-0.4, -0.2) is 5.91 Å². The molecule has 0 radical (unpaired) electrons. The molecule has 0 spiro atoms. The average Bonchev–Trinajstić information content (AvgIpc) is 2.33. The van der Waals surface area contributed by atoms with Gasteiger partial charge in [0.15, 0.2) is 0 Å². The van der Waals surface area contributed by atoms with Gasteiger partial charge in [-0.05, 0) is 46.3 Å². The maximum atomic E-state index is 13.4. The summed E-state index contributed by atoms with van der Waals surface area (Å²) in [6, 6.07) is 6.84. The van der Waals surface area contributed by atoms with Crippen LogP contribution in [0.5, 0.6) is 0 Å². The van der Waals surface area contributed by atoms with Gasteiger partial charge in [-0.15, -0.1) is 0 Å². The van der Waals surface area contributed by atoms with E-state index in [4.69, 9.17) is 0 Å². The summed E-state index contributed by atoms with van der Waals surface area (Å²) in [6.07, 6.45) is 0. The van der Waals surface area contributed by atoms with Gasteiger partial charge in [0, 0.05) is 5.69 Å². The van der Waals surface area contributed by atoms with Gasteiger partial charge < -0.3 is 5.32 Å². The number of carbonyl (C=O) groups excluding carboxylic acids is 1. The smallest absolute Gasteiger partial charge is 0.261 e. The number of benzene rings is 2. The molecular weight excluding hydrogens is 323 g/mol. The second-order valence-electron chi connectivity index (χ2n) is 3.68. The monoisotopic (exact) mass is 329 g/mol. The first-order valence-electron chi connectivity index (χ1n) is 5.19. The van der Waals surface area contributed by atoms with Crippen molar-refractivity contribution in [3.05, 3.63) is 63.9 Å². The van der Waals surface area contributed by atoms with E-state index in [-0.39, 0.29) is 10.2 Å². The Labute approximate surface area is 115 Å².